The van der Waals surface area contributed by atoms with Gasteiger partial charge in [0, 0.05) is 35.9 Å². The zero-order valence-electron chi connectivity index (χ0n) is 16.3. The third kappa shape index (κ3) is 3.48. The van der Waals surface area contributed by atoms with E-state index in [0.717, 1.165) is 42.6 Å². The molecule has 0 spiro atoms. The summed E-state index contributed by atoms with van der Waals surface area (Å²) in [6.45, 7) is 2.91. The number of carbonyl (C=O) groups excluding carboxylic acids is 1. The number of ether oxygens (including phenoxy) is 3. The van der Waals surface area contributed by atoms with E-state index in [1.165, 1.54) is 0 Å². The van der Waals surface area contributed by atoms with Crippen LogP contribution in [0.5, 0.6) is 17.2 Å². The van der Waals surface area contributed by atoms with E-state index in [4.69, 9.17) is 26.4 Å². The van der Waals surface area contributed by atoms with Crippen LogP contribution in [0.25, 0.3) is 0 Å². The number of hydrogen-bond donors (Lipinski definition) is 1. The molecule has 0 radical (unpaired) electrons. The van der Waals surface area contributed by atoms with Gasteiger partial charge in [0.25, 0.3) is 0 Å². The molecule has 1 unspecified atom stereocenters. The average molecular weight is 391 g/mol. The molecular weight excluding hydrogens is 364 g/mol. The summed E-state index contributed by atoms with van der Waals surface area (Å²) in [5, 5.41) is 4.01. The van der Waals surface area contributed by atoms with E-state index >= 15 is 0 Å². The van der Waals surface area contributed by atoms with Crippen LogP contribution in [0.2, 0.25) is 0 Å². The lowest BCUT2D eigenvalue weighted by Crippen LogP contribution is -2.49. The number of thiocarbonyl (C=S) groups is 1. The molecule has 1 aliphatic heterocycles. The van der Waals surface area contributed by atoms with Crippen LogP contribution in [0.15, 0.2) is 23.4 Å². The monoisotopic (exact) mass is 390 g/mol. The summed E-state index contributed by atoms with van der Waals surface area (Å²) < 4.78 is 16.4. The van der Waals surface area contributed by atoms with Crippen molar-refractivity contribution in [2.75, 3.05) is 27.9 Å². The zero-order valence-corrected chi connectivity index (χ0v) is 17.1. The molecule has 1 N–H and O–H groups in total. The van der Waals surface area contributed by atoms with Gasteiger partial charge in [0.15, 0.2) is 22.4 Å². The normalized spacial score (nSPS) is 19.6. The second-order valence-electron chi connectivity index (χ2n) is 6.62. The van der Waals surface area contributed by atoms with Gasteiger partial charge in [-0.2, -0.15) is 0 Å². The molecule has 27 heavy (non-hydrogen) atoms. The third-order valence-electron chi connectivity index (χ3n) is 5.05. The van der Waals surface area contributed by atoms with Gasteiger partial charge in [-0.1, -0.05) is 6.92 Å². The summed E-state index contributed by atoms with van der Waals surface area (Å²) in [6, 6.07) is 3.29. The van der Waals surface area contributed by atoms with E-state index in [1.807, 2.05) is 6.07 Å². The predicted molar refractivity (Wildman–Crippen MR) is 107 cm³/mol. The van der Waals surface area contributed by atoms with Crippen LogP contribution in [0.1, 0.15) is 44.2 Å². The number of methoxy groups -OCH3 is 3. The number of nitrogens with zero attached hydrogens (tertiary/aromatic N) is 1. The lowest BCUT2D eigenvalue weighted by Gasteiger charge is -2.41. The second-order valence-corrected chi connectivity index (χ2v) is 7.01. The molecule has 6 nitrogen and oxygen atoms in total. The average Bonchev–Trinajstić information content (AvgIpc) is 2.68. The lowest BCUT2D eigenvalue weighted by atomic mass is 9.84. The van der Waals surface area contributed by atoms with Gasteiger partial charge in [-0.05, 0) is 37.5 Å². The Balaban J connectivity index is 2.17. The van der Waals surface area contributed by atoms with Crippen LogP contribution in [0.3, 0.4) is 0 Å². The van der Waals surface area contributed by atoms with E-state index in [0.29, 0.717) is 28.8 Å². The van der Waals surface area contributed by atoms with E-state index < -0.39 is 0 Å². The van der Waals surface area contributed by atoms with Crippen LogP contribution >= 0.6 is 12.2 Å². The molecule has 0 saturated carbocycles. The minimum atomic E-state index is -0.358. The van der Waals surface area contributed by atoms with E-state index in [2.05, 4.69) is 17.1 Å². The molecule has 1 atom stereocenters. The van der Waals surface area contributed by atoms with Crippen molar-refractivity contribution in [3.8, 4) is 17.2 Å². The SMILES string of the molecule is CCCN1C(=S)NC(c2cc(OC)c(OC)cc2OC)C2=C1CCCC2=O. The van der Waals surface area contributed by atoms with Crippen molar-refractivity contribution in [3.05, 3.63) is 29.0 Å². The van der Waals surface area contributed by atoms with Gasteiger partial charge in [0.2, 0.25) is 0 Å². The molecule has 3 rings (SSSR count). The van der Waals surface area contributed by atoms with Crippen LogP contribution in [0.4, 0.5) is 0 Å². The molecule has 0 aromatic heterocycles. The first kappa shape index (κ1) is 19.5. The highest BCUT2D eigenvalue weighted by molar-refractivity contribution is 7.80. The minimum Gasteiger partial charge on any atom is -0.496 e. The molecule has 146 valence electrons. The Morgan fingerprint density at radius 3 is 2.41 bits per heavy atom. The molecule has 1 aromatic rings. The highest BCUT2D eigenvalue weighted by Crippen LogP contribution is 2.43. The van der Waals surface area contributed by atoms with Gasteiger partial charge in [-0.15, -0.1) is 0 Å². The highest BCUT2D eigenvalue weighted by atomic mass is 32.1. The van der Waals surface area contributed by atoms with Gasteiger partial charge in [0.05, 0.1) is 27.4 Å². The summed E-state index contributed by atoms with van der Waals surface area (Å²) in [6.07, 6.45) is 3.22. The summed E-state index contributed by atoms with van der Waals surface area (Å²) in [7, 11) is 4.78. The fraction of sp³-hybridized carbons (Fsp3) is 0.500. The van der Waals surface area contributed by atoms with Gasteiger partial charge in [0.1, 0.15) is 5.75 Å². The van der Waals surface area contributed by atoms with Crippen molar-refractivity contribution < 1.29 is 19.0 Å². The topological polar surface area (TPSA) is 60.0 Å². The summed E-state index contributed by atoms with van der Waals surface area (Å²) >= 11 is 5.64. The minimum absolute atomic E-state index is 0.161. The van der Waals surface area contributed by atoms with Crippen LogP contribution in [-0.2, 0) is 4.79 Å². The smallest absolute Gasteiger partial charge is 0.173 e. The van der Waals surface area contributed by atoms with E-state index in [-0.39, 0.29) is 11.8 Å². The molecule has 7 heteroatoms. The Morgan fingerprint density at radius 2 is 1.78 bits per heavy atom. The van der Waals surface area contributed by atoms with Crippen LogP contribution < -0.4 is 19.5 Å². The molecular formula is C20H26N2O4S. The van der Waals surface area contributed by atoms with E-state index in [1.54, 1.807) is 27.4 Å². The van der Waals surface area contributed by atoms with Crippen molar-refractivity contribution >= 4 is 23.1 Å². The number of benzene rings is 1. The Morgan fingerprint density at radius 1 is 1.11 bits per heavy atom. The number of nitrogens with one attached hydrogen (secondary N) is 1. The quantitative estimate of drug-likeness (QED) is 0.748. The molecule has 1 heterocycles. The van der Waals surface area contributed by atoms with Crippen molar-refractivity contribution in [1.29, 1.82) is 0 Å². The Labute approximate surface area is 165 Å². The molecule has 0 bridgehead atoms. The zero-order chi connectivity index (χ0) is 19.6. The molecule has 1 aromatic carbocycles. The predicted octanol–water partition coefficient (Wildman–Crippen LogP) is 3.36. The maximum Gasteiger partial charge on any atom is 0.173 e. The fourth-order valence-electron chi connectivity index (χ4n) is 3.82. The Kier molecular flexibility index (Phi) is 5.89. The summed E-state index contributed by atoms with van der Waals surface area (Å²) in [5.74, 6) is 1.95. The number of allylic oxidation sites excluding steroid dienone is 1. The molecule has 0 fully saturated rings. The van der Waals surface area contributed by atoms with Crippen molar-refractivity contribution in [1.82, 2.24) is 10.2 Å². The summed E-state index contributed by atoms with van der Waals surface area (Å²) in [4.78, 5) is 15.0. The van der Waals surface area contributed by atoms with Crippen molar-refractivity contribution in [2.45, 2.75) is 38.6 Å². The van der Waals surface area contributed by atoms with Gasteiger partial charge in [-0.3, -0.25) is 4.79 Å². The van der Waals surface area contributed by atoms with Gasteiger partial charge < -0.3 is 24.4 Å². The number of carbonyl (C=O) groups is 1. The third-order valence-corrected chi connectivity index (χ3v) is 5.39. The standard InChI is InChI=1S/C20H26N2O4S/c1-5-9-22-13-7-6-8-14(23)18(13)19(21-20(22)27)12-10-16(25-3)17(26-4)11-15(12)24-2/h10-11,19H,5-9H2,1-4H3,(H,21,27). The second kappa shape index (κ2) is 8.17. The first-order valence-electron chi connectivity index (χ1n) is 9.19. The van der Waals surface area contributed by atoms with Crippen molar-refractivity contribution in [3.63, 3.8) is 0 Å². The molecule has 0 amide bonds. The Hall–Kier alpha value is -2.28. The number of ketones is 1. The molecule has 0 saturated heterocycles. The fourth-order valence-corrected chi connectivity index (χ4v) is 4.14. The Bertz CT molecular complexity index is 790. The highest BCUT2D eigenvalue weighted by Gasteiger charge is 2.38. The molecule has 1 aliphatic carbocycles. The number of Topliss-reactive ketones (excluding diaryl/α,β-unsaturated/α-hetero) is 1. The van der Waals surface area contributed by atoms with Gasteiger partial charge >= 0.3 is 0 Å². The van der Waals surface area contributed by atoms with Crippen LogP contribution in [-0.4, -0.2) is 43.7 Å². The maximum atomic E-state index is 12.9. The van der Waals surface area contributed by atoms with Gasteiger partial charge in [-0.25, -0.2) is 0 Å². The molecule has 2 aliphatic rings. The maximum absolute atomic E-state index is 12.9. The number of rotatable bonds is 6. The van der Waals surface area contributed by atoms with E-state index in [9.17, 15) is 4.79 Å². The van der Waals surface area contributed by atoms with Crippen molar-refractivity contribution in [2.24, 2.45) is 0 Å². The number of hydrogen-bond acceptors (Lipinski definition) is 5. The first-order chi connectivity index (χ1) is 13.0. The summed E-state index contributed by atoms with van der Waals surface area (Å²) in [5.41, 5.74) is 2.64. The largest absolute Gasteiger partial charge is 0.496 e. The van der Waals surface area contributed by atoms with Crippen LogP contribution in [0, 0.1) is 0 Å². The lowest BCUT2D eigenvalue weighted by molar-refractivity contribution is -0.116. The first-order valence-corrected chi connectivity index (χ1v) is 9.60.